The van der Waals surface area contributed by atoms with Crippen molar-refractivity contribution in [1.82, 2.24) is 0 Å². The highest BCUT2D eigenvalue weighted by Crippen LogP contribution is 2.29. The molecule has 2 unspecified atom stereocenters. The van der Waals surface area contributed by atoms with E-state index in [1.807, 2.05) is 12.1 Å². The maximum Gasteiger partial charge on any atom is 0.307 e. The largest absolute Gasteiger partial charge is 0.497 e. The number of benzene rings is 2. The van der Waals surface area contributed by atoms with Gasteiger partial charge in [-0.05, 0) is 41.8 Å². The zero-order chi connectivity index (χ0) is 23.8. The first kappa shape index (κ1) is 24.3. The highest BCUT2D eigenvalue weighted by Gasteiger charge is 2.31. The highest BCUT2D eigenvalue weighted by molar-refractivity contribution is 8.15. The van der Waals surface area contributed by atoms with Crippen LogP contribution < -0.4 is 9.47 Å². The van der Waals surface area contributed by atoms with Gasteiger partial charge in [0.2, 0.25) is 0 Å². The van der Waals surface area contributed by atoms with Crippen molar-refractivity contribution in [2.75, 3.05) is 13.7 Å². The van der Waals surface area contributed by atoms with E-state index in [0.717, 1.165) is 17.3 Å². The quantitative estimate of drug-likeness (QED) is 0.388. The first-order valence-corrected chi connectivity index (χ1v) is 11.2. The molecule has 0 aromatic heterocycles. The van der Waals surface area contributed by atoms with Crippen LogP contribution in [0.1, 0.15) is 36.5 Å². The molecule has 1 fully saturated rings. The van der Waals surface area contributed by atoms with Gasteiger partial charge in [-0.3, -0.25) is 19.2 Å². The molecular formula is C24H24O8S. The van der Waals surface area contributed by atoms with Gasteiger partial charge < -0.3 is 19.3 Å². The molecule has 8 nitrogen and oxygen atoms in total. The van der Waals surface area contributed by atoms with Crippen LogP contribution in [0, 0.1) is 0 Å². The van der Waals surface area contributed by atoms with E-state index >= 15 is 0 Å². The van der Waals surface area contributed by atoms with Gasteiger partial charge in [-0.25, -0.2) is 0 Å². The summed E-state index contributed by atoms with van der Waals surface area (Å²) >= 11 is 1.08. The van der Waals surface area contributed by atoms with E-state index in [0.29, 0.717) is 23.5 Å². The first-order chi connectivity index (χ1) is 15.8. The standard InChI is InChI=1S/C24H24O8S/c1-30-18-4-2-3-16(12-18)20(32-23(28)10-9-22(26)27)14-31-17-7-5-15(6-8-17)11-21-19(25)13-24(29)33-21/h2-8,12,20-21H,9-11,13-14H2,1H3,(H,26,27). The van der Waals surface area contributed by atoms with Crippen molar-refractivity contribution in [2.24, 2.45) is 0 Å². The topological polar surface area (TPSA) is 116 Å². The molecule has 174 valence electrons. The zero-order valence-electron chi connectivity index (χ0n) is 18.0. The lowest BCUT2D eigenvalue weighted by Gasteiger charge is -2.19. The summed E-state index contributed by atoms with van der Waals surface area (Å²) in [6.45, 7) is 0.0107. The number of carboxylic acid groups (broad SMARTS) is 1. The average Bonchev–Trinajstić information content (AvgIpc) is 3.12. The molecule has 0 saturated carbocycles. The molecule has 0 spiro atoms. The number of thioether (sulfide) groups is 1. The maximum atomic E-state index is 12.1. The van der Waals surface area contributed by atoms with E-state index < -0.39 is 18.0 Å². The minimum Gasteiger partial charge on any atom is -0.497 e. The summed E-state index contributed by atoms with van der Waals surface area (Å²) in [4.78, 5) is 46.1. The molecule has 1 aliphatic heterocycles. The summed E-state index contributed by atoms with van der Waals surface area (Å²) in [6, 6.07) is 14.1. The number of rotatable bonds is 11. The maximum absolute atomic E-state index is 12.1. The Hall–Kier alpha value is -3.33. The molecule has 0 aliphatic carbocycles. The molecule has 3 rings (SSSR count). The number of carboxylic acids is 1. The number of Topliss-reactive ketones (excluding diaryl/α,β-unsaturated/α-hetero) is 1. The fraction of sp³-hybridized carbons (Fsp3) is 0.333. The van der Waals surface area contributed by atoms with E-state index in [1.54, 1.807) is 36.4 Å². The van der Waals surface area contributed by atoms with Crippen LogP contribution in [0.15, 0.2) is 48.5 Å². The van der Waals surface area contributed by atoms with Crippen molar-refractivity contribution in [2.45, 2.75) is 37.0 Å². The molecule has 9 heteroatoms. The Bertz CT molecular complexity index is 1020. The van der Waals surface area contributed by atoms with Gasteiger partial charge in [-0.1, -0.05) is 36.0 Å². The van der Waals surface area contributed by atoms with Crippen LogP contribution in [-0.2, 0) is 30.3 Å². The smallest absolute Gasteiger partial charge is 0.307 e. The number of carbonyl (C=O) groups excluding carboxylic acids is 3. The minimum atomic E-state index is -1.08. The second kappa shape index (κ2) is 11.5. The van der Waals surface area contributed by atoms with E-state index in [-0.39, 0.29) is 42.0 Å². The van der Waals surface area contributed by atoms with Crippen molar-refractivity contribution in [1.29, 1.82) is 0 Å². The molecule has 2 aromatic rings. The van der Waals surface area contributed by atoms with Crippen LogP contribution in [0.2, 0.25) is 0 Å². The van der Waals surface area contributed by atoms with Crippen molar-refractivity contribution in [3.05, 3.63) is 59.7 Å². The van der Waals surface area contributed by atoms with Crippen molar-refractivity contribution >= 4 is 34.6 Å². The Labute approximate surface area is 195 Å². The summed E-state index contributed by atoms with van der Waals surface area (Å²) in [5.74, 6) is -0.645. The lowest BCUT2D eigenvalue weighted by Crippen LogP contribution is -2.19. The SMILES string of the molecule is COc1cccc(C(COc2ccc(CC3SC(=O)CC3=O)cc2)OC(=O)CCC(=O)O)c1. The molecule has 0 amide bonds. The van der Waals surface area contributed by atoms with E-state index in [1.165, 1.54) is 7.11 Å². The Morgan fingerprint density at radius 2 is 1.85 bits per heavy atom. The van der Waals surface area contributed by atoms with Gasteiger partial charge in [-0.2, -0.15) is 0 Å². The molecule has 0 radical (unpaired) electrons. The number of hydrogen-bond donors (Lipinski definition) is 1. The number of hydrogen-bond acceptors (Lipinski definition) is 8. The van der Waals surface area contributed by atoms with Crippen LogP contribution >= 0.6 is 11.8 Å². The Morgan fingerprint density at radius 3 is 2.48 bits per heavy atom. The molecule has 1 saturated heterocycles. The van der Waals surface area contributed by atoms with E-state index in [4.69, 9.17) is 19.3 Å². The summed E-state index contributed by atoms with van der Waals surface area (Å²) < 4.78 is 16.5. The Morgan fingerprint density at radius 1 is 1.09 bits per heavy atom. The third-order valence-corrected chi connectivity index (χ3v) is 6.10. The second-order valence-corrected chi connectivity index (χ2v) is 8.69. The molecule has 1 heterocycles. The van der Waals surface area contributed by atoms with Crippen molar-refractivity contribution in [3.8, 4) is 11.5 Å². The van der Waals surface area contributed by atoms with Gasteiger partial charge in [0.1, 0.15) is 18.1 Å². The van der Waals surface area contributed by atoms with E-state index in [9.17, 15) is 19.2 Å². The number of carbonyl (C=O) groups is 4. The monoisotopic (exact) mass is 472 g/mol. The number of ketones is 1. The predicted octanol–water partition coefficient (Wildman–Crippen LogP) is 3.37. The molecule has 33 heavy (non-hydrogen) atoms. The number of ether oxygens (including phenoxy) is 3. The predicted molar refractivity (Wildman–Crippen MR) is 120 cm³/mol. The fourth-order valence-electron chi connectivity index (χ4n) is 3.25. The third kappa shape index (κ3) is 7.35. The molecular weight excluding hydrogens is 448 g/mol. The summed E-state index contributed by atoms with van der Waals surface area (Å²) in [7, 11) is 1.53. The summed E-state index contributed by atoms with van der Waals surface area (Å²) in [5, 5.41) is 8.36. The lowest BCUT2D eigenvalue weighted by molar-refractivity contribution is -0.153. The van der Waals surface area contributed by atoms with Crippen LogP contribution in [-0.4, -0.2) is 46.9 Å². The summed E-state index contributed by atoms with van der Waals surface area (Å²) in [5.41, 5.74) is 1.56. The van der Waals surface area contributed by atoms with Gasteiger partial charge >= 0.3 is 11.9 Å². The fourth-order valence-corrected chi connectivity index (χ4v) is 4.29. The normalized spacial score (nSPS) is 16.3. The van der Waals surface area contributed by atoms with Crippen LogP contribution in [0.3, 0.4) is 0 Å². The van der Waals surface area contributed by atoms with Gasteiger partial charge in [0.25, 0.3) is 0 Å². The molecule has 2 aromatic carbocycles. The van der Waals surface area contributed by atoms with Crippen LogP contribution in [0.4, 0.5) is 0 Å². The molecule has 1 aliphatic rings. The first-order valence-electron chi connectivity index (χ1n) is 10.3. The third-order valence-electron chi connectivity index (χ3n) is 4.98. The van der Waals surface area contributed by atoms with Crippen molar-refractivity contribution in [3.63, 3.8) is 0 Å². The average molecular weight is 473 g/mol. The number of esters is 1. The van der Waals surface area contributed by atoms with Crippen molar-refractivity contribution < 1.29 is 38.5 Å². The molecule has 0 bridgehead atoms. The number of aliphatic carboxylic acids is 1. The van der Waals surface area contributed by atoms with Crippen LogP contribution in [0.25, 0.3) is 0 Å². The van der Waals surface area contributed by atoms with Gasteiger partial charge in [0, 0.05) is 0 Å². The Kier molecular flexibility index (Phi) is 8.48. The van der Waals surface area contributed by atoms with Gasteiger partial charge in [-0.15, -0.1) is 0 Å². The van der Waals surface area contributed by atoms with E-state index in [2.05, 4.69) is 0 Å². The second-order valence-electron chi connectivity index (χ2n) is 7.43. The van der Waals surface area contributed by atoms with Gasteiger partial charge in [0.15, 0.2) is 17.0 Å². The van der Waals surface area contributed by atoms with Gasteiger partial charge in [0.05, 0.1) is 31.6 Å². The summed E-state index contributed by atoms with van der Waals surface area (Å²) in [6.07, 6.45) is -0.861. The zero-order valence-corrected chi connectivity index (χ0v) is 18.8. The molecule has 1 N–H and O–H groups in total. The highest BCUT2D eigenvalue weighted by atomic mass is 32.2. The lowest BCUT2D eigenvalue weighted by atomic mass is 10.1. The minimum absolute atomic E-state index is 0.00657. The number of methoxy groups -OCH3 is 1. The Balaban J connectivity index is 1.64. The van der Waals surface area contributed by atoms with Crippen LogP contribution in [0.5, 0.6) is 11.5 Å². The molecule has 2 atom stereocenters.